The van der Waals surface area contributed by atoms with Gasteiger partial charge in [0.25, 0.3) is 5.91 Å². The van der Waals surface area contributed by atoms with Crippen molar-refractivity contribution in [2.24, 2.45) is 0 Å². The van der Waals surface area contributed by atoms with Gasteiger partial charge in [-0.15, -0.1) is 0 Å². The lowest BCUT2D eigenvalue weighted by Crippen LogP contribution is -2.15. The predicted octanol–water partition coefficient (Wildman–Crippen LogP) is 4.30. The van der Waals surface area contributed by atoms with E-state index in [0.29, 0.717) is 10.9 Å². The van der Waals surface area contributed by atoms with E-state index in [0.717, 1.165) is 27.9 Å². The second kappa shape index (κ2) is 6.79. The fourth-order valence-electron chi connectivity index (χ4n) is 2.31. The van der Waals surface area contributed by atoms with Crippen molar-refractivity contribution in [3.63, 3.8) is 0 Å². The van der Waals surface area contributed by atoms with Crippen molar-refractivity contribution in [1.82, 2.24) is 9.97 Å². The van der Waals surface area contributed by atoms with Crippen LogP contribution in [0.25, 0.3) is 10.8 Å². The van der Waals surface area contributed by atoms with Crippen molar-refractivity contribution in [3.05, 3.63) is 59.9 Å². The van der Waals surface area contributed by atoms with Crippen LogP contribution in [-0.2, 0) is 0 Å². The van der Waals surface area contributed by atoms with Crippen LogP contribution in [0, 0.1) is 6.92 Å². The highest BCUT2D eigenvalue weighted by Gasteiger charge is 2.11. The van der Waals surface area contributed by atoms with Crippen molar-refractivity contribution in [3.8, 4) is 0 Å². The van der Waals surface area contributed by atoms with Gasteiger partial charge in [0, 0.05) is 11.4 Å². The summed E-state index contributed by atoms with van der Waals surface area (Å²) in [7, 11) is 0. The number of amides is 1. The number of thioether (sulfide) groups is 1. The summed E-state index contributed by atoms with van der Waals surface area (Å²) in [5.74, 6) is 0.651. The zero-order chi connectivity index (χ0) is 16.2. The van der Waals surface area contributed by atoms with Crippen LogP contribution in [0.15, 0.2) is 53.7 Å². The van der Waals surface area contributed by atoms with Gasteiger partial charge in [0.1, 0.15) is 5.69 Å². The number of nitrogens with one attached hydrogen (secondary N) is 1. The Hall–Kier alpha value is -2.40. The van der Waals surface area contributed by atoms with Gasteiger partial charge in [0.05, 0.1) is 0 Å². The predicted molar refractivity (Wildman–Crippen MR) is 95.1 cm³/mol. The molecule has 0 aliphatic rings. The molecule has 0 fully saturated rings. The van der Waals surface area contributed by atoms with Crippen molar-refractivity contribution >= 4 is 34.1 Å². The summed E-state index contributed by atoms with van der Waals surface area (Å²) in [4.78, 5) is 21.1. The highest BCUT2D eigenvalue weighted by Crippen LogP contribution is 2.20. The highest BCUT2D eigenvalue weighted by molar-refractivity contribution is 7.99. The van der Waals surface area contributed by atoms with E-state index in [1.54, 1.807) is 6.07 Å². The topological polar surface area (TPSA) is 54.9 Å². The lowest BCUT2D eigenvalue weighted by atomic mass is 10.1. The third-order valence-corrected chi connectivity index (χ3v) is 4.08. The van der Waals surface area contributed by atoms with Gasteiger partial charge in [0.15, 0.2) is 5.16 Å². The number of aryl methyl sites for hydroxylation is 1. The maximum Gasteiger partial charge on any atom is 0.274 e. The van der Waals surface area contributed by atoms with E-state index in [2.05, 4.69) is 15.3 Å². The molecule has 0 spiro atoms. The fourth-order valence-corrected chi connectivity index (χ4v) is 2.94. The zero-order valence-electron chi connectivity index (χ0n) is 13.0. The summed E-state index contributed by atoms with van der Waals surface area (Å²) in [5.41, 5.74) is 1.94. The van der Waals surface area contributed by atoms with E-state index < -0.39 is 0 Å². The second-order valence-corrected chi connectivity index (χ2v) is 6.36. The quantitative estimate of drug-likeness (QED) is 0.574. The molecule has 0 aliphatic carbocycles. The molecule has 0 bridgehead atoms. The van der Waals surface area contributed by atoms with E-state index in [4.69, 9.17) is 0 Å². The molecule has 0 saturated heterocycles. The van der Waals surface area contributed by atoms with Crippen LogP contribution in [0.3, 0.4) is 0 Å². The summed E-state index contributed by atoms with van der Waals surface area (Å²) < 4.78 is 0. The number of benzene rings is 2. The molecule has 1 aromatic heterocycles. The number of hydrogen-bond donors (Lipinski definition) is 1. The summed E-state index contributed by atoms with van der Waals surface area (Å²) in [5, 5.41) is 5.78. The summed E-state index contributed by atoms with van der Waals surface area (Å²) in [6.07, 6.45) is 0. The molecular formula is C18H17N3OS. The van der Waals surface area contributed by atoms with Crippen molar-refractivity contribution in [2.45, 2.75) is 19.0 Å². The second-order valence-electron chi connectivity index (χ2n) is 5.13. The van der Waals surface area contributed by atoms with Gasteiger partial charge < -0.3 is 5.32 Å². The van der Waals surface area contributed by atoms with Gasteiger partial charge in [-0.25, -0.2) is 9.97 Å². The Morgan fingerprint density at radius 3 is 2.65 bits per heavy atom. The smallest absolute Gasteiger partial charge is 0.274 e. The van der Waals surface area contributed by atoms with Gasteiger partial charge in [-0.1, -0.05) is 49.0 Å². The van der Waals surface area contributed by atoms with Gasteiger partial charge >= 0.3 is 0 Å². The molecule has 4 nitrogen and oxygen atoms in total. The fraction of sp³-hybridized carbons (Fsp3) is 0.167. The minimum Gasteiger partial charge on any atom is -0.321 e. The van der Waals surface area contributed by atoms with E-state index in [1.807, 2.05) is 56.3 Å². The standard InChI is InChI=1S/C18H17N3OS/c1-3-23-18-19-12(2)10-16(21-18)17(22)20-15-9-8-13-6-4-5-7-14(13)11-15/h4-11H,3H2,1-2H3,(H,20,22). The molecule has 116 valence electrons. The number of aromatic nitrogens is 2. The molecule has 0 radical (unpaired) electrons. The Kier molecular flexibility index (Phi) is 4.57. The molecule has 1 amide bonds. The first-order valence-corrected chi connectivity index (χ1v) is 8.43. The first-order chi connectivity index (χ1) is 11.2. The molecule has 1 N–H and O–H groups in total. The number of fused-ring (bicyclic) bond motifs is 1. The highest BCUT2D eigenvalue weighted by atomic mass is 32.2. The van der Waals surface area contributed by atoms with E-state index in [-0.39, 0.29) is 5.91 Å². The Bertz CT molecular complexity index is 864. The van der Waals surface area contributed by atoms with Crippen molar-refractivity contribution in [2.75, 3.05) is 11.1 Å². The Morgan fingerprint density at radius 1 is 1.09 bits per heavy atom. The van der Waals surface area contributed by atoms with Gasteiger partial charge in [-0.2, -0.15) is 0 Å². The summed E-state index contributed by atoms with van der Waals surface area (Å²) >= 11 is 1.53. The van der Waals surface area contributed by atoms with E-state index >= 15 is 0 Å². The molecule has 3 aromatic rings. The molecule has 2 aromatic carbocycles. The van der Waals surface area contributed by atoms with E-state index in [9.17, 15) is 4.79 Å². The lowest BCUT2D eigenvalue weighted by Gasteiger charge is -2.08. The maximum atomic E-state index is 12.4. The summed E-state index contributed by atoms with van der Waals surface area (Å²) in [6.45, 7) is 3.90. The first kappa shape index (κ1) is 15.5. The monoisotopic (exact) mass is 323 g/mol. The van der Waals surface area contributed by atoms with Crippen LogP contribution in [0.1, 0.15) is 23.1 Å². The molecule has 5 heteroatoms. The molecule has 1 heterocycles. The van der Waals surface area contributed by atoms with Crippen molar-refractivity contribution in [1.29, 1.82) is 0 Å². The third kappa shape index (κ3) is 3.68. The number of carbonyl (C=O) groups excluding carboxylic acids is 1. The Balaban J connectivity index is 1.85. The molecule has 0 atom stereocenters. The van der Waals surface area contributed by atoms with Gasteiger partial charge in [-0.05, 0) is 41.6 Å². The largest absolute Gasteiger partial charge is 0.321 e. The van der Waals surface area contributed by atoms with Crippen molar-refractivity contribution < 1.29 is 4.79 Å². The van der Waals surface area contributed by atoms with Gasteiger partial charge in [-0.3, -0.25) is 4.79 Å². The molecule has 0 aliphatic heterocycles. The number of hydrogen-bond acceptors (Lipinski definition) is 4. The maximum absolute atomic E-state index is 12.4. The first-order valence-electron chi connectivity index (χ1n) is 7.44. The minimum atomic E-state index is -0.219. The third-order valence-electron chi connectivity index (χ3n) is 3.35. The number of carbonyl (C=O) groups is 1. The van der Waals surface area contributed by atoms with E-state index in [1.165, 1.54) is 11.8 Å². The number of anilines is 1. The average Bonchev–Trinajstić information content (AvgIpc) is 2.54. The van der Waals surface area contributed by atoms with Crippen LogP contribution >= 0.6 is 11.8 Å². The normalized spacial score (nSPS) is 10.7. The SMILES string of the molecule is CCSc1nc(C)cc(C(=O)Nc2ccc3ccccc3c2)n1. The Morgan fingerprint density at radius 2 is 1.87 bits per heavy atom. The van der Waals surface area contributed by atoms with Gasteiger partial charge in [0.2, 0.25) is 0 Å². The molecule has 3 rings (SSSR count). The molecular weight excluding hydrogens is 306 g/mol. The molecule has 0 unspecified atom stereocenters. The lowest BCUT2D eigenvalue weighted by molar-refractivity contribution is 0.102. The Labute approximate surface area is 139 Å². The van der Waals surface area contributed by atoms with Crippen LogP contribution in [0.2, 0.25) is 0 Å². The molecule has 23 heavy (non-hydrogen) atoms. The zero-order valence-corrected chi connectivity index (χ0v) is 13.9. The molecule has 0 saturated carbocycles. The minimum absolute atomic E-state index is 0.219. The summed E-state index contributed by atoms with van der Waals surface area (Å²) in [6, 6.07) is 15.6. The van der Waals surface area contributed by atoms with Crippen LogP contribution in [0.5, 0.6) is 0 Å². The number of nitrogens with zero attached hydrogens (tertiary/aromatic N) is 2. The number of rotatable bonds is 4. The average molecular weight is 323 g/mol. The van der Waals surface area contributed by atoms with Crippen LogP contribution in [0.4, 0.5) is 5.69 Å². The van der Waals surface area contributed by atoms with Crippen LogP contribution < -0.4 is 5.32 Å². The van der Waals surface area contributed by atoms with Crippen LogP contribution in [-0.4, -0.2) is 21.6 Å².